The third-order valence-corrected chi connectivity index (χ3v) is 5.00. The van der Waals surface area contributed by atoms with Crippen molar-refractivity contribution in [3.05, 3.63) is 29.8 Å². The average Bonchev–Trinajstić information content (AvgIpc) is 2.92. The van der Waals surface area contributed by atoms with Crippen molar-refractivity contribution in [2.24, 2.45) is 5.92 Å². The molecule has 24 heavy (non-hydrogen) atoms. The quantitative estimate of drug-likeness (QED) is 0.896. The number of hydrogen-bond donors (Lipinski definition) is 2. The maximum atomic E-state index is 12.6. The van der Waals surface area contributed by atoms with Gasteiger partial charge in [-0.3, -0.25) is 9.59 Å². The molecular formula is C19H27N3O2. The monoisotopic (exact) mass is 329 g/mol. The van der Waals surface area contributed by atoms with E-state index in [4.69, 9.17) is 0 Å². The Bertz CT molecular complexity index is 556. The molecule has 2 fully saturated rings. The third kappa shape index (κ3) is 4.35. The predicted molar refractivity (Wildman–Crippen MR) is 95.0 cm³/mol. The Morgan fingerprint density at radius 3 is 2.21 bits per heavy atom. The molecule has 0 aliphatic carbocycles. The van der Waals surface area contributed by atoms with Gasteiger partial charge in [0.1, 0.15) is 0 Å². The van der Waals surface area contributed by atoms with Crippen LogP contribution >= 0.6 is 0 Å². The molecule has 1 aromatic rings. The van der Waals surface area contributed by atoms with Crippen LogP contribution in [0.1, 0.15) is 48.9 Å². The number of amides is 2. The van der Waals surface area contributed by atoms with Crippen molar-refractivity contribution in [2.45, 2.75) is 38.5 Å². The van der Waals surface area contributed by atoms with E-state index in [0.717, 1.165) is 57.5 Å². The molecule has 0 bridgehead atoms. The molecule has 2 amide bonds. The Balaban J connectivity index is 1.58. The molecule has 0 atom stereocenters. The van der Waals surface area contributed by atoms with Crippen LogP contribution in [0, 0.1) is 5.92 Å². The fourth-order valence-corrected chi connectivity index (χ4v) is 3.48. The minimum atomic E-state index is 0.0862. The number of benzene rings is 1. The molecule has 2 N–H and O–H groups in total. The van der Waals surface area contributed by atoms with Gasteiger partial charge in [0.2, 0.25) is 5.91 Å². The van der Waals surface area contributed by atoms with Gasteiger partial charge in [-0.2, -0.15) is 0 Å². The molecule has 5 nitrogen and oxygen atoms in total. The zero-order valence-corrected chi connectivity index (χ0v) is 14.2. The Kier molecular flexibility index (Phi) is 5.86. The zero-order valence-electron chi connectivity index (χ0n) is 14.2. The lowest BCUT2D eigenvalue weighted by Gasteiger charge is -2.22. The van der Waals surface area contributed by atoms with E-state index in [1.54, 1.807) is 0 Å². The highest BCUT2D eigenvalue weighted by molar-refractivity contribution is 5.96. The normalized spacial score (nSPS) is 19.6. The van der Waals surface area contributed by atoms with Crippen molar-refractivity contribution in [3.8, 4) is 0 Å². The second-order valence-electron chi connectivity index (χ2n) is 6.80. The first kappa shape index (κ1) is 17.0. The molecule has 130 valence electrons. The number of anilines is 1. The van der Waals surface area contributed by atoms with E-state index >= 15 is 0 Å². The summed E-state index contributed by atoms with van der Waals surface area (Å²) in [5.74, 6) is 0.279. The number of rotatable bonds is 3. The summed E-state index contributed by atoms with van der Waals surface area (Å²) in [6.07, 6.45) is 6.39. The summed E-state index contributed by atoms with van der Waals surface area (Å²) in [6.45, 7) is 3.52. The molecule has 5 heteroatoms. The predicted octanol–water partition coefficient (Wildman–Crippen LogP) is 2.64. The smallest absolute Gasteiger partial charge is 0.253 e. The lowest BCUT2D eigenvalue weighted by molar-refractivity contribution is -0.120. The summed E-state index contributed by atoms with van der Waals surface area (Å²) in [6, 6.07) is 7.32. The van der Waals surface area contributed by atoms with Crippen LogP contribution in [0.15, 0.2) is 24.3 Å². The minimum absolute atomic E-state index is 0.0862. The summed E-state index contributed by atoms with van der Waals surface area (Å²) in [5, 5.41) is 6.24. The van der Waals surface area contributed by atoms with E-state index in [0.29, 0.717) is 5.56 Å². The summed E-state index contributed by atoms with van der Waals surface area (Å²) in [7, 11) is 0. The molecule has 2 aliphatic heterocycles. The molecule has 2 aliphatic rings. The van der Waals surface area contributed by atoms with Gasteiger partial charge in [-0.05, 0) is 63.0 Å². The Morgan fingerprint density at radius 2 is 1.58 bits per heavy atom. The van der Waals surface area contributed by atoms with Gasteiger partial charge < -0.3 is 15.5 Å². The number of carbonyl (C=O) groups is 2. The fourth-order valence-electron chi connectivity index (χ4n) is 3.48. The van der Waals surface area contributed by atoms with Crippen LogP contribution in [-0.2, 0) is 4.79 Å². The summed E-state index contributed by atoms with van der Waals surface area (Å²) in [4.78, 5) is 26.8. The van der Waals surface area contributed by atoms with E-state index < -0.39 is 0 Å². The van der Waals surface area contributed by atoms with Crippen LogP contribution in [0.4, 0.5) is 5.69 Å². The van der Waals surface area contributed by atoms with Crippen LogP contribution in [0.5, 0.6) is 0 Å². The van der Waals surface area contributed by atoms with Gasteiger partial charge in [-0.25, -0.2) is 0 Å². The molecule has 3 rings (SSSR count). The Hall–Kier alpha value is -1.88. The van der Waals surface area contributed by atoms with Crippen LogP contribution < -0.4 is 10.6 Å². The number of nitrogens with zero attached hydrogens (tertiary/aromatic N) is 1. The number of nitrogens with one attached hydrogen (secondary N) is 2. The lowest BCUT2D eigenvalue weighted by Crippen LogP contribution is -2.34. The molecule has 1 aromatic carbocycles. The zero-order chi connectivity index (χ0) is 16.8. The van der Waals surface area contributed by atoms with Gasteiger partial charge >= 0.3 is 0 Å². The second kappa shape index (κ2) is 8.29. The van der Waals surface area contributed by atoms with E-state index in [-0.39, 0.29) is 17.7 Å². The number of piperidine rings is 1. The van der Waals surface area contributed by atoms with Crippen LogP contribution in [-0.4, -0.2) is 42.9 Å². The van der Waals surface area contributed by atoms with Crippen molar-refractivity contribution in [3.63, 3.8) is 0 Å². The van der Waals surface area contributed by atoms with Gasteiger partial charge in [0, 0.05) is 30.3 Å². The van der Waals surface area contributed by atoms with Crippen LogP contribution in [0.2, 0.25) is 0 Å². The Labute approximate surface area is 143 Å². The van der Waals surface area contributed by atoms with Crippen molar-refractivity contribution in [1.29, 1.82) is 0 Å². The Morgan fingerprint density at radius 1 is 0.958 bits per heavy atom. The largest absolute Gasteiger partial charge is 0.339 e. The highest BCUT2D eigenvalue weighted by atomic mass is 16.2. The second-order valence-corrected chi connectivity index (χ2v) is 6.80. The van der Waals surface area contributed by atoms with Crippen molar-refractivity contribution in [1.82, 2.24) is 10.2 Å². The maximum absolute atomic E-state index is 12.6. The van der Waals surface area contributed by atoms with E-state index in [1.165, 1.54) is 12.8 Å². The molecule has 0 spiro atoms. The first-order chi connectivity index (χ1) is 11.7. The molecule has 0 saturated carbocycles. The van der Waals surface area contributed by atoms with E-state index in [9.17, 15) is 9.59 Å². The van der Waals surface area contributed by atoms with Gasteiger partial charge in [0.15, 0.2) is 0 Å². The average molecular weight is 329 g/mol. The van der Waals surface area contributed by atoms with Gasteiger partial charge in [-0.15, -0.1) is 0 Å². The third-order valence-electron chi connectivity index (χ3n) is 5.00. The summed E-state index contributed by atoms with van der Waals surface area (Å²) >= 11 is 0. The van der Waals surface area contributed by atoms with Crippen molar-refractivity contribution in [2.75, 3.05) is 31.5 Å². The fraction of sp³-hybridized carbons (Fsp3) is 0.579. The molecule has 0 unspecified atom stereocenters. The molecule has 2 heterocycles. The first-order valence-electron chi connectivity index (χ1n) is 9.15. The first-order valence-corrected chi connectivity index (χ1v) is 9.15. The highest BCUT2D eigenvalue weighted by Crippen LogP contribution is 2.18. The van der Waals surface area contributed by atoms with Gasteiger partial charge in [0.05, 0.1) is 0 Å². The van der Waals surface area contributed by atoms with Gasteiger partial charge in [0.25, 0.3) is 5.91 Å². The van der Waals surface area contributed by atoms with Crippen molar-refractivity contribution >= 4 is 17.5 Å². The highest BCUT2D eigenvalue weighted by Gasteiger charge is 2.21. The molecule has 0 aromatic heterocycles. The number of hydrogen-bond acceptors (Lipinski definition) is 3. The summed E-state index contributed by atoms with van der Waals surface area (Å²) in [5.41, 5.74) is 1.47. The minimum Gasteiger partial charge on any atom is -0.339 e. The maximum Gasteiger partial charge on any atom is 0.253 e. The van der Waals surface area contributed by atoms with Crippen LogP contribution in [0.3, 0.4) is 0 Å². The number of carbonyl (C=O) groups excluding carboxylic acids is 2. The lowest BCUT2D eigenvalue weighted by atomic mass is 9.97. The van der Waals surface area contributed by atoms with E-state index in [2.05, 4.69) is 10.6 Å². The standard InChI is InChI=1S/C19H27N3O2/c23-18(15-9-11-20-12-10-15)21-17-7-5-16(6-8-17)19(24)22-13-3-1-2-4-14-22/h5-8,15,20H,1-4,9-14H2,(H,21,23). The van der Waals surface area contributed by atoms with Gasteiger partial charge in [-0.1, -0.05) is 12.8 Å². The SMILES string of the molecule is O=C(Nc1ccc(C(=O)N2CCCCCC2)cc1)C1CCNCC1. The topological polar surface area (TPSA) is 61.4 Å². The molecular weight excluding hydrogens is 302 g/mol. The van der Waals surface area contributed by atoms with Crippen molar-refractivity contribution < 1.29 is 9.59 Å². The summed E-state index contributed by atoms with van der Waals surface area (Å²) < 4.78 is 0. The van der Waals surface area contributed by atoms with Crippen LogP contribution in [0.25, 0.3) is 0 Å². The van der Waals surface area contributed by atoms with E-state index in [1.807, 2.05) is 29.2 Å². The molecule has 2 saturated heterocycles. The number of likely N-dealkylation sites (tertiary alicyclic amines) is 1. The molecule has 0 radical (unpaired) electrons.